The molecule has 0 radical (unpaired) electrons. The van der Waals surface area contributed by atoms with Crippen molar-refractivity contribution in [2.75, 3.05) is 5.73 Å². The minimum Gasteiger partial charge on any atom is -0.506 e. The molecule has 0 bridgehead atoms. The molecule has 1 atom stereocenters. The van der Waals surface area contributed by atoms with Crippen LogP contribution in [-0.2, 0) is 11.2 Å². The predicted octanol–water partition coefficient (Wildman–Crippen LogP) is 1.24. The fourth-order valence-electron chi connectivity index (χ4n) is 1.17. The zero-order valence-electron chi connectivity index (χ0n) is 7.90. The first-order chi connectivity index (χ1) is 6.50. The zero-order chi connectivity index (χ0) is 10.7. The van der Waals surface area contributed by atoms with Gasteiger partial charge in [-0.3, -0.25) is 4.79 Å². The van der Waals surface area contributed by atoms with Gasteiger partial charge in [0.1, 0.15) is 5.75 Å². The molecule has 0 amide bonds. The summed E-state index contributed by atoms with van der Waals surface area (Å²) in [6, 6.07) is 4.74. The standard InChI is InChI=1S/C10H13NO3/c1-6(10(13)14)4-7-2-3-9(12)8(11)5-7/h2-3,5-6,12H,4,11H2,1H3,(H,13,14). The number of carboxylic acids is 1. The van der Waals surface area contributed by atoms with Crippen molar-refractivity contribution >= 4 is 11.7 Å². The summed E-state index contributed by atoms with van der Waals surface area (Å²) in [6.07, 6.45) is 0.416. The largest absolute Gasteiger partial charge is 0.506 e. The summed E-state index contributed by atoms with van der Waals surface area (Å²) < 4.78 is 0. The van der Waals surface area contributed by atoms with Crippen molar-refractivity contribution in [1.29, 1.82) is 0 Å². The lowest BCUT2D eigenvalue weighted by molar-refractivity contribution is -0.141. The lowest BCUT2D eigenvalue weighted by atomic mass is 10.0. The van der Waals surface area contributed by atoms with Gasteiger partial charge in [0.2, 0.25) is 0 Å². The van der Waals surface area contributed by atoms with Crippen molar-refractivity contribution in [2.24, 2.45) is 5.92 Å². The molecule has 4 nitrogen and oxygen atoms in total. The van der Waals surface area contributed by atoms with Crippen LogP contribution in [0.4, 0.5) is 5.69 Å². The maximum Gasteiger partial charge on any atom is 0.306 e. The van der Waals surface area contributed by atoms with E-state index in [9.17, 15) is 4.79 Å². The molecule has 0 saturated carbocycles. The molecule has 14 heavy (non-hydrogen) atoms. The van der Waals surface area contributed by atoms with E-state index < -0.39 is 11.9 Å². The lowest BCUT2D eigenvalue weighted by Gasteiger charge is -2.07. The Bertz CT molecular complexity index is 349. The van der Waals surface area contributed by atoms with Crippen LogP contribution in [-0.4, -0.2) is 16.2 Å². The van der Waals surface area contributed by atoms with Crippen molar-refractivity contribution in [3.8, 4) is 5.75 Å². The molecule has 1 aromatic rings. The number of rotatable bonds is 3. The number of nitrogen functional groups attached to an aromatic ring is 1. The van der Waals surface area contributed by atoms with E-state index in [0.29, 0.717) is 6.42 Å². The van der Waals surface area contributed by atoms with Crippen LogP contribution in [0.25, 0.3) is 0 Å². The topological polar surface area (TPSA) is 83.5 Å². The van der Waals surface area contributed by atoms with E-state index in [4.69, 9.17) is 15.9 Å². The summed E-state index contributed by atoms with van der Waals surface area (Å²) >= 11 is 0. The Kier molecular flexibility index (Phi) is 2.96. The molecule has 0 aliphatic carbocycles. The number of nitrogens with two attached hydrogens (primary N) is 1. The van der Waals surface area contributed by atoms with Crippen molar-refractivity contribution in [3.63, 3.8) is 0 Å². The second-order valence-corrected chi connectivity index (χ2v) is 3.34. The number of benzene rings is 1. The number of hydrogen-bond donors (Lipinski definition) is 3. The second kappa shape index (κ2) is 4.00. The SMILES string of the molecule is CC(Cc1ccc(O)c(N)c1)C(=O)O. The maximum absolute atomic E-state index is 10.6. The van der Waals surface area contributed by atoms with Gasteiger partial charge >= 0.3 is 5.97 Å². The van der Waals surface area contributed by atoms with Crippen molar-refractivity contribution < 1.29 is 15.0 Å². The van der Waals surface area contributed by atoms with Crippen molar-refractivity contribution in [2.45, 2.75) is 13.3 Å². The molecular formula is C10H13NO3. The summed E-state index contributed by atoms with van der Waals surface area (Å²) in [6.45, 7) is 1.63. The Morgan fingerprint density at radius 2 is 2.21 bits per heavy atom. The van der Waals surface area contributed by atoms with Crippen LogP contribution in [0.2, 0.25) is 0 Å². The molecule has 0 spiro atoms. The molecular weight excluding hydrogens is 182 g/mol. The van der Waals surface area contributed by atoms with Gasteiger partial charge in [-0.05, 0) is 24.1 Å². The number of phenols is 1. The molecule has 1 rings (SSSR count). The number of aromatic hydroxyl groups is 1. The van der Waals surface area contributed by atoms with Crippen molar-refractivity contribution in [3.05, 3.63) is 23.8 Å². The minimum atomic E-state index is -0.836. The first kappa shape index (κ1) is 10.4. The zero-order valence-corrected chi connectivity index (χ0v) is 7.90. The monoisotopic (exact) mass is 195 g/mol. The first-order valence-electron chi connectivity index (χ1n) is 4.31. The Labute approximate surface area is 82.0 Å². The van der Waals surface area contributed by atoms with Crippen LogP contribution in [0, 0.1) is 5.92 Å². The van der Waals surface area contributed by atoms with Crippen LogP contribution in [0.1, 0.15) is 12.5 Å². The summed E-state index contributed by atoms with van der Waals surface area (Å²) in [7, 11) is 0. The van der Waals surface area contributed by atoms with E-state index in [1.54, 1.807) is 19.1 Å². The first-order valence-corrected chi connectivity index (χ1v) is 4.31. The van der Waals surface area contributed by atoms with E-state index in [0.717, 1.165) is 5.56 Å². The Hall–Kier alpha value is -1.71. The highest BCUT2D eigenvalue weighted by atomic mass is 16.4. The third-order valence-corrected chi connectivity index (χ3v) is 2.06. The van der Waals surface area contributed by atoms with Gasteiger partial charge in [-0.1, -0.05) is 13.0 Å². The number of carboxylic acid groups (broad SMARTS) is 1. The van der Waals surface area contributed by atoms with Gasteiger partial charge in [0, 0.05) is 0 Å². The molecule has 0 saturated heterocycles. The highest BCUT2D eigenvalue weighted by Gasteiger charge is 2.11. The van der Waals surface area contributed by atoms with Crippen molar-refractivity contribution in [1.82, 2.24) is 0 Å². The lowest BCUT2D eigenvalue weighted by Crippen LogP contribution is -2.12. The van der Waals surface area contributed by atoms with E-state index in [1.165, 1.54) is 6.07 Å². The van der Waals surface area contributed by atoms with Gasteiger partial charge in [0.05, 0.1) is 11.6 Å². The quantitative estimate of drug-likeness (QED) is 0.500. The molecule has 0 heterocycles. The number of phenolic OH excluding ortho intramolecular Hbond substituents is 1. The Morgan fingerprint density at radius 1 is 1.57 bits per heavy atom. The number of carbonyl (C=O) groups is 1. The van der Waals surface area contributed by atoms with E-state index >= 15 is 0 Å². The van der Waals surface area contributed by atoms with Gasteiger partial charge < -0.3 is 15.9 Å². The third-order valence-electron chi connectivity index (χ3n) is 2.06. The van der Waals surface area contributed by atoms with Crippen LogP contribution < -0.4 is 5.73 Å². The van der Waals surface area contributed by atoms with Crippen LogP contribution in [0.3, 0.4) is 0 Å². The van der Waals surface area contributed by atoms with Gasteiger partial charge in [0.15, 0.2) is 0 Å². The van der Waals surface area contributed by atoms with Gasteiger partial charge in [-0.25, -0.2) is 0 Å². The van der Waals surface area contributed by atoms with E-state index in [-0.39, 0.29) is 11.4 Å². The van der Waals surface area contributed by atoms with E-state index in [2.05, 4.69) is 0 Å². The van der Waals surface area contributed by atoms with Gasteiger partial charge in [0.25, 0.3) is 0 Å². The van der Waals surface area contributed by atoms with Crippen LogP contribution in [0.15, 0.2) is 18.2 Å². The Morgan fingerprint density at radius 3 is 2.71 bits per heavy atom. The summed E-state index contributed by atoms with van der Waals surface area (Å²) in [5.41, 5.74) is 6.57. The average molecular weight is 195 g/mol. The highest BCUT2D eigenvalue weighted by Crippen LogP contribution is 2.21. The van der Waals surface area contributed by atoms with Crippen LogP contribution in [0.5, 0.6) is 5.75 Å². The second-order valence-electron chi connectivity index (χ2n) is 3.34. The normalized spacial score (nSPS) is 12.4. The third kappa shape index (κ3) is 2.39. The molecule has 0 aliphatic rings. The summed E-state index contributed by atoms with van der Waals surface area (Å²) in [5.74, 6) is -1.26. The molecule has 1 aromatic carbocycles. The van der Waals surface area contributed by atoms with E-state index in [1.807, 2.05) is 0 Å². The Balaban J connectivity index is 2.78. The average Bonchev–Trinajstić information content (AvgIpc) is 2.11. The smallest absolute Gasteiger partial charge is 0.306 e. The fraction of sp³-hybridized carbons (Fsp3) is 0.300. The van der Waals surface area contributed by atoms with Gasteiger partial charge in [-0.2, -0.15) is 0 Å². The fourth-order valence-corrected chi connectivity index (χ4v) is 1.17. The predicted molar refractivity (Wildman–Crippen MR) is 53.0 cm³/mol. The highest BCUT2D eigenvalue weighted by molar-refractivity contribution is 5.70. The molecule has 0 aliphatic heterocycles. The summed E-state index contributed by atoms with van der Waals surface area (Å²) in [5, 5.41) is 17.8. The number of aliphatic carboxylic acids is 1. The minimum absolute atomic E-state index is 0.0247. The van der Waals surface area contributed by atoms with Crippen LogP contribution >= 0.6 is 0 Å². The molecule has 1 unspecified atom stereocenters. The van der Waals surface area contributed by atoms with Gasteiger partial charge in [-0.15, -0.1) is 0 Å². The maximum atomic E-state index is 10.6. The molecule has 4 N–H and O–H groups in total. The molecule has 4 heteroatoms. The molecule has 76 valence electrons. The molecule has 0 aromatic heterocycles. The summed E-state index contributed by atoms with van der Waals surface area (Å²) in [4.78, 5) is 10.6. The molecule has 0 fully saturated rings. The number of anilines is 1. The number of hydrogen-bond acceptors (Lipinski definition) is 3.